The fraction of sp³-hybridized carbons (Fsp3) is 0.550. The maximum absolute atomic E-state index is 5.88. The first-order chi connectivity index (χ1) is 12.3. The molecule has 0 fully saturated rings. The van der Waals surface area contributed by atoms with E-state index in [2.05, 4.69) is 34.5 Å². The first-order valence-corrected chi connectivity index (χ1v) is 10.4. The largest absolute Gasteiger partial charge is 0.384 e. The van der Waals surface area contributed by atoms with Gasteiger partial charge in [0.15, 0.2) is 0 Å². The molecule has 0 aliphatic heterocycles. The van der Waals surface area contributed by atoms with E-state index in [1.807, 2.05) is 0 Å². The van der Waals surface area contributed by atoms with E-state index in [1.54, 1.807) is 0 Å². The van der Waals surface area contributed by atoms with Crippen LogP contribution in [0.5, 0.6) is 0 Å². The van der Waals surface area contributed by atoms with Gasteiger partial charge in [0.25, 0.3) is 0 Å². The predicted octanol–water partition coefficient (Wildman–Crippen LogP) is 4.70. The third-order valence-electron chi connectivity index (χ3n) is 4.92. The summed E-state index contributed by atoms with van der Waals surface area (Å²) in [6.45, 7) is 3.79. The molecule has 2 aromatic rings. The van der Waals surface area contributed by atoms with Crippen LogP contribution in [0, 0.1) is 0 Å². The SMILES string of the molecule is ClCCN(CCCl)CCCNc1c2c(nc3ccccc13)CCCC2. The van der Waals surface area contributed by atoms with Crippen LogP contribution in [0.25, 0.3) is 10.9 Å². The monoisotopic (exact) mass is 379 g/mol. The zero-order valence-electron chi connectivity index (χ0n) is 14.7. The summed E-state index contributed by atoms with van der Waals surface area (Å²) in [6.07, 6.45) is 5.85. The minimum Gasteiger partial charge on any atom is -0.384 e. The van der Waals surface area contributed by atoms with Crippen LogP contribution in [0.1, 0.15) is 30.5 Å². The predicted molar refractivity (Wildman–Crippen MR) is 109 cm³/mol. The topological polar surface area (TPSA) is 28.2 Å². The van der Waals surface area contributed by atoms with Crippen molar-refractivity contribution in [1.82, 2.24) is 9.88 Å². The minimum absolute atomic E-state index is 0.660. The Hall–Kier alpha value is -1.03. The van der Waals surface area contributed by atoms with Crippen LogP contribution in [-0.4, -0.2) is 47.8 Å². The van der Waals surface area contributed by atoms with E-state index < -0.39 is 0 Å². The molecule has 5 heteroatoms. The molecule has 0 bridgehead atoms. The van der Waals surface area contributed by atoms with Crippen LogP contribution in [0.15, 0.2) is 24.3 Å². The fourth-order valence-electron chi connectivity index (χ4n) is 3.66. The molecular weight excluding hydrogens is 353 g/mol. The summed E-state index contributed by atoms with van der Waals surface area (Å²) < 4.78 is 0. The molecule has 1 aliphatic carbocycles. The lowest BCUT2D eigenvalue weighted by atomic mass is 9.92. The Balaban J connectivity index is 1.70. The molecule has 0 spiro atoms. The van der Waals surface area contributed by atoms with E-state index in [1.165, 1.54) is 35.2 Å². The van der Waals surface area contributed by atoms with Crippen LogP contribution >= 0.6 is 23.2 Å². The van der Waals surface area contributed by atoms with Crippen LogP contribution < -0.4 is 5.32 Å². The third kappa shape index (κ3) is 4.78. The van der Waals surface area contributed by atoms with Gasteiger partial charge in [0.1, 0.15) is 0 Å². The molecule has 3 nitrogen and oxygen atoms in total. The lowest BCUT2D eigenvalue weighted by Crippen LogP contribution is -2.30. The number of hydrogen-bond acceptors (Lipinski definition) is 3. The van der Waals surface area contributed by atoms with Gasteiger partial charge in [-0.25, -0.2) is 0 Å². The van der Waals surface area contributed by atoms with E-state index in [9.17, 15) is 0 Å². The molecule has 1 aromatic carbocycles. The van der Waals surface area contributed by atoms with Crippen molar-refractivity contribution in [2.24, 2.45) is 0 Å². The lowest BCUT2D eigenvalue weighted by Gasteiger charge is -2.23. The number of para-hydroxylation sites is 1. The number of aromatic nitrogens is 1. The average Bonchev–Trinajstić information content (AvgIpc) is 2.64. The summed E-state index contributed by atoms with van der Waals surface area (Å²) in [6, 6.07) is 8.49. The highest BCUT2D eigenvalue weighted by atomic mass is 35.5. The molecular formula is C20H27Cl2N3. The fourth-order valence-corrected chi connectivity index (χ4v) is 4.14. The number of aryl methyl sites for hydroxylation is 1. The number of benzene rings is 1. The van der Waals surface area contributed by atoms with Gasteiger partial charge in [-0.05, 0) is 50.3 Å². The van der Waals surface area contributed by atoms with Crippen molar-refractivity contribution in [3.63, 3.8) is 0 Å². The molecule has 0 radical (unpaired) electrons. The number of nitrogens with zero attached hydrogens (tertiary/aromatic N) is 2. The Labute approximate surface area is 160 Å². The van der Waals surface area contributed by atoms with E-state index >= 15 is 0 Å². The van der Waals surface area contributed by atoms with E-state index in [-0.39, 0.29) is 0 Å². The van der Waals surface area contributed by atoms with Gasteiger partial charge in [-0.2, -0.15) is 0 Å². The van der Waals surface area contributed by atoms with Gasteiger partial charge >= 0.3 is 0 Å². The van der Waals surface area contributed by atoms with Gasteiger partial charge in [0.2, 0.25) is 0 Å². The molecule has 1 aliphatic rings. The van der Waals surface area contributed by atoms with Gasteiger partial charge in [0.05, 0.1) is 5.52 Å². The number of anilines is 1. The second kappa shape index (κ2) is 9.61. The molecule has 0 amide bonds. The van der Waals surface area contributed by atoms with Crippen molar-refractivity contribution < 1.29 is 0 Å². The molecule has 3 rings (SSSR count). The normalized spacial score (nSPS) is 14.0. The minimum atomic E-state index is 0.660. The average molecular weight is 380 g/mol. The summed E-state index contributed by atoms with van der Waals surface area (Å²) >= 11 is 11.8. The Morgan fingerprint density at radius 2 is 1.76 bits per heavy atom. The van der Waals surface area contributed by atoms with Crippen LogP contribution in [-0.2, 0) is 12.8 Å². The van der Waals surface area contributed by atoms with Crippen molar-refractivity contribution in [2.45, 2.75) is 32.1 Å². The molecule has 0 saturated heterocycles. The zero-order chi connectivity index (χ0) is 17.5. The molecule has 1 heterocycles. The van der Waals surface area contributed by atoms with Crippen molar-refractivity contribution in [1.29, 1.82) is 0 Å². The second-order valence-corrected chi connectivity index (χ2v) is 7.39. The van der Waals surface area contributed by atoms with Crippen molar-refractivity contribution >= 4 is 39.8 Å². The number of rotatable bonds is 9. The van der Waals surface area contributed by atoms with E-state index in [4.69, 9.17) is 28.2 Å². The smallest absolute Gasteiger partial charge is 0.0726 e. The highest BCUT2D eigenvalue weighted by Gasteiger charge is 2.17. The van der Waals surface area contributed by atoms with Crippen molar-refractivity contribution in [2.75, 3.05) is 43.3 Å². The molecule has 0 atom stereocenters. The highest BCUT2D eigenvalue weighted by molar-refractivity contribution is 6.18. The molecule has 1 aromatic heterocycles. The quantitative estimate of drug-likeness (QED) is 0.505. The van der Waals surface area contributed by atoms with Gasteiger partial charge in [-0.1, -0.05) is 18.2 Å². The molecule has 0 unspecified atom stereocenters. The molecule has 25 heavy (non-hydrogen) atoms. The summed E-state index contributed by atoms with van der Waals surface area (Å²) in [5.74, 6) is 1.32. The maximum Gasteiger partial charge on any atom is 0.0726 e. The van der Waals surface area contributed by atoms with Gasteiger partial charge in [0, 0.05) is 48.2 Å². The maximum atomic E-state index is 5.88. The number of pyridine rings is 1. The first kappa shape index (κ1) is 18.8. The Kier molecular flexibility index (Phi) is 7.21. The molecule has 1 N–H and O–H groups in total. The summed E-state index contributed by atoms with van der Waals surface area (Å²) in [4.78, 5) is 7.24. The Bertz CT molecular complexity index is 684. The zero-order valence-corrected chi connectivity index (χ0v) is 16.2. The lowest BCUT2D eigenvalue weighted by molar-refractivity contribution is 0.306. The summed E-state index contributed by atoms with van der Waals surface area (Å²) in [5.41, 5.74) is 5.14. The van der Waals surface area contributed by atoms with Crippen LogP contribution in [0.4, 0.5) is 5.69 Å². The number of alkyl halides is 2. The number of hydrogen-bond donors (Lipinski definition) is 1. The van der Waals surface area contributed by atoms with Crippen LogP contribution in [0.3, 0.4) is 0 Å². The summed E-state index contributed by atoms with van der Waals surface area (Å²) in [7, 11) is 0. The van der Waals surface area contributed by atoms with Gasteiger partial charge in [-0.15, -0.1) is 23.2 Å². The number of halogens is 2. The first-order valence-electron chi connectivity index (χ1n) is 9.32. The van der Waals surface area contributed by atoms with Gasteiger partial charge in [-0.3, -0.25) is 4.98 Å². The Morgan fingerprint density at radius 1 is 1.00 bits per heavy atom. The molecule has 136 valence electrons. The second-order valence-electron chi connectivity index (χ2n) is 6.64. The highest BCUT2D eigenvalue weighted by Crippen LogP contribution is 2.33. The Morgan fingerprint density at radius 3 is 2.56 bits per heavy atom. The molecule has 0 saturated carbocycles. The van der Waals surface area contributed by atoms with E-state index in [0.717, 1.165) is 51.0 Å². The standard InChI is InChI=1S/C20H27Cl2N3/c21-10-14-25(15-11-22)13-5-12-23-20-16-6-1-3-8-18(16)24-19-9-4-2-7-17(19)20/h1,3,6,8H,2,4-5,7,9-15H2,(H,23,24). The third-order valence-corrected chi connectivity index (χ3v) is 5.26. The summed E-state index contributed by atoms with van der Waals surface area (Å²) in [5, 5.41) is 4.97. The van der Waals surface area contributed by atoms with Crippen LogP contribution in [0.2, 0.25) is 0 Å². The number of fused-ring (bicyclic) bond motifs is 2. The van der Waals surface area contributed by atoms with Gasteiger partial charge < -0.3 is 10.2 Å². The number of nitrogens with one attached hydrogen (secondary N) is 1. The van der Waals surface area contributed by atoms with Crippen molar-refractivity contribution in [3.05, 3.63) is 35.5 Å². The van der Waals surface area contributed by atoms with Crippen molar-refractivity contribution in [3.8, 4) is 0 Å². The van der Waals surface area contributed by atoms with E-state index in [0.29, 0.717) is 11.8 Å².